The highest BCUT2D eigenvalue weighted by molar-refractivity contribution is 7.47. The number of phosphoric acid groups is 1. The Labute approximate surface area is 187 Å². The van der Waals surface area contributed by atoms with Crippen LogP contribution in [0, 0.1) is 0 Å². The summed E-state index contributed by atoms with van der Waals surface area (Å²) in [5, 5.41) is 11.2. The molecule has 2 atom stereocenters. The molecule has 0 spiro atoms. The van der Waals surface area contributed by atoms with Gasteiger partial charge in [0, 0.05) is 13.0 Å². The number of nitrogens with one attached hydrogen (secondary N) is 1. The zero-order valence-electron chi connectivity index (χ0n) is 19.1. The van der Waals surface area contributed by atoms with Crippen LogP contribution >= 0.6 is 7.82 Å². The van der Waals surface area contributed by atoms with Gasteiger partial charge in [0.1, 0.15) is 6.04 Å². The van der Waals surface area contributed by atoms with Gasteiger partial charge in [-0.05, 0) is 6.42 Å². The van der Waals surface area contributed by atoms with Crippen LogP contribution in [0.2, 0.25) is 0 Å². The van der Waals surface area contributed by atoms with Crippen molar-refractivity contribution in [3.63, 3.8) is 0 Å². The second-order valence-electron chi connectivity index (χ2n) is 7.88. The van der Waals surface area contributed by atoms with Crippen LogP contribution in [-0.2, 0) is 23.2 Å². The second-order valence-corrected chi connectivity index (χ2v) is 9.34. The molecule has 0 fully saturated rings. The summed E-state index contributed by atoms with van der Waals surface area (Å²) < 4.78 is 20.7. The maximum Gasteiger partial charge on any atom is 0.472 e. The van der Waals surface area contributed by atoms with E-state index >= 15 is 0 Å². The first-order valence-corrected chi connectivity index (χ1v) is 13.1. The van der Waals surface area contributed by atoms with Crippen LogP contribution in [0.4, 0.5) is 0 Å². The van der Waals surface area contributed by atoms with Crippen LogP contribution in [0.5, 0.6) is 0 Å². The summed E-state index contributed by atoms with van der Waals surface area (Å²) in [5.74, 6) is -1.48. The smallest absolute Gasteiger partial charge is 0.472 e. The molecule has 0 radical (unpaired) electrons. The lowest BCUT2D eigenvalue weighted by molar-refractivity contribution is -0.139. The van der Waals surface area contributed by atoms with Crippen LogP contribution in [0.25, 0.3) is 0 Å². The number of hydrogen-bond acceptors (Lipinski definition) is 6. The monoisotopic (exact) mass is 466 g/mol. The fraction of sp³-hybridized carbons (Fsp3) is 0.905. The van der Waals surface area contributed by atoms with Crippen LogP contribution in [0.1, 0.15) is 96.8 Å². The van der Waals surface area contributed by atoms with Crippen molar-refractivity contribution >= 4 is 19.7 Å². The Balaban J connectivity index is 3.47. The van der Waals surface area contributed by atoms with Gasteiger partial charge in [-0.1, -0.05) is 84.0 Å². The predicted molar refractivity (Wildman–Crippen MR) is 121 cm³/mol. The quantitative estimate of drug-likeness (QED) is 0.137. The highest BCUT2D eigenvalue weighted by Gasteiger charge is 2.24. The minimum absolute atomic E-state index is 0.0656. The molecule has 2 unspecified atom stereocenters. The number of carbonyl (C=O) groups excluding carboxylic acids is 1. The van der Waals surface area contributed by atoms with E-state index in [0.717, 1.165) is 19.3 Å². The molecule has 0 aromatic carbocycles. The molecule has 0 aromatic heterocycles. The summed E-state index contributed by atoms with van der Waals surface area (Å²) in [5.41, 5.74) is 5.17. The minimum atomic E-state index is -4.39. The Morgan fingerprint density at radius 2 is 1.39 bits per heavy atom. The van der Waals surface area contributed by atoms with E-state index in [0.29, 0.717) is 6.42 Å². The lowest BCUT2D eigenvalue weighted by Crippen LogP contribution is -2.34. The first-order chi connectivity index (χ1) is 14.8. The third-order valence-electron chi connectivity index (χ3n) is 4.92. The predicted octanol–water partition coefficient (Wildman–Crippen LogP) is 4.13. The molecule has 0 bridgehead atoms. The molecule has 10 heteroatoms. The van der Waals surface area contributed by atoms with Gasteiger partial charge in [-0.25, -0.2) is 4.57 Å². The van der Waals surface area contributed by atoms with Crippen molar-refractivity contribution in [2.75, 3.05) is 19.8 Å². The molecule has 0 rings (SSSR count). The molecule has 0 aromatic rings. The van der Waals surface area contributed by atoms with Crippen molar-refractivity contribution in [1.82, 2.24) is 5.32 Å². The van der Waals surface area contributed by atoms with Crippen LogP contribution in [-0.4, -0.2) is 47.7 Å². The average molecular weight is 467 g/mol. The number of carboxylic acids is 1. The fourth-order valence-electron chi connectivity index (χ4n) is 3.03. The molecule has 0 aliphatic rings. The van der Waals surface area contributed by atoms with Crippen molar-refractivity contribution in [2.24, 2.45) is 5.73 Å². The molecule has 0 heterocycles. The van der Waals surface area contributed by atoms with Crippen molar-refractivity contribution in [2.45, 2.75) is 103 Å². The highest BCUT2D eigenvalue weighted by atomic mass is 31.2. The average Bonchev–Trinajstić information content (AvgIpc) is 2.72. The topological polar surface area (TPSA) is 148 Å². The van der Waals surface area contributed by atoms with Gasteiger partial charge in [0.05, 0.1) is 13.2 Å². The van der Waals surface area contributed by atoms with Gasteiger partial charge in [0.25, 0.3) is 0 Å². The van der Waals surface area contributed by atoms with Gasteiger partial charge >= 0.3 is 13.8 Å². The van der Waals surface area contributed by atoms with Gasteiger partial charge in [0.15, 0.2) is 0 Å². The van der Waals surface area contributed by atoms with Crippen LogP contribution in [0.3, 0.4) is 0 Å². The number of amides is 1. The number of carbonyl (C=O) groups is 2. The molecule has 1 amide bonds. The number of carboxylic acid groups (broad SMARTS) is 1. The first kappa shape index (κ1) is 30.0. The van der Waals surface area contributed by atoms with Crippen LogP contribution < -0.4 is 11.1 Å². The van der Waals surface area contributed by atoms with Gasteiger partial charge < -0.3 is 21.1 Å². The van der Waals surface area contributed by atoms with E-state index in [4.69, 9.17) is 10.8 Å². The maximum atomic E-state index is 11.7. The second kappa shape index (κ2) is 19.7. The highest BCUT2D eigenvalue weighted by Crippen LogP contribution is 2.42. The Hall–Kier alpha value is -0.990. The molecule has 0 aliphatic heterocycles. The minimum Gasteiger partial charge on any atom is -0.480 e. The first-order valence-electron chi connectivity index (χ1n) is 11.7. The summed E-state index contributed by atoms with van der Waals surface area (Å²) in [7, 11) is -4.39. The molecule has 0 aliphatic carbocycles. The Kier molecular flexibility index (Phi) is 19.0. The number of rotatable bonds is 22. The molecule has 9 nitrogen and oxygen atoms in total. The van der Waals surface area contributed by atoms with E-state index in [2.05, 4.69) is 21.3 Å². The number of unbranched alkanes of at least 4 members (excludes halogenated alkanes) is 12. The Morgan fingerprint density at radius 3 is 1.87 bits per heavy atom. The number of phosphoric ester groups is 1. The Bertz CT molecular complexity index is 520. The zero-order chi connectivity index (χ0) is 23.4. The van der Waals surface area contributed by atoms with E-state index < -0.39 is 26.4 Å². The third kappa shape index (κ3) is 20.7. The largest absolute Gasteiger partial charge is 0.480 e. The van der Waals surface area contributed by atoms with Crippen molar-refractivity contribution in [1.29, 1.82) is 0 Å². The van der Waals surface area contributed by atoms with Crippen molar-refractivity contribution in [3.8, 4) is 0 Å². The number of hydrogen-bond donors (Lipinski definition) is 4. The summed E-state index contributed by atoms with van der Waals surface area (Å²) in [4.78, 5) is 31.7. The van der Waals surface area contributed by atoms with E-state index in [1.165, 1.54) is 64.2 Å². The fourth-order valence-corrected chi connectivity index (χ4v) is 3.77. The standard InChI is InChI=1S/C21H43N2O7P/c1-2-3-4-5-6-7-8-9-10-11-12-13-14-15-20(24)23-16-17-29-31(27,28)30-18-19(22)21(25)26/h19H,2-18,22H2,1H3,(H,23,24)(H,25,26)(H,27,28). The summed E-state index contributed by atoms with van der Waals surface area (Å²) >= 11 is 0. The number of nitrogens with two attached hydrogens (primary N) is 1. The molecular formula is C21H43N2O7P. The van der Waals surface area contributed by atoms with Gasteiger partial charge in [-0.2, -0.15) is 0 Å². The van der Waals surface area contributed by atoms with Gasteiger partial charge in [-0.3, -0.25) is 18.6 Å². The van der Waals surface area contributed by atoms with E-state index in [9.17, 15) is 19.0 Å². The van der Waals surface area contributed by atoms with Gasteiger partial charge in [0.2, 0.25) is 5.91 Å². The zero-order valence-corrected chi connectivity index (χ0v) is 20.0. The molecule has 31 heavy (non-hydrogen) atoms. The maximum absolute atomic E-state index is 11.7. The lowest BCUT2D eigenvalue weighted by Gasteiger charge is -2.14. The SMILES string of the molecule is CCCCCCCCCCCCCCCC(=O)NCCOP(=O)(O)OCC(N)C(=O)O. The van der Waals surface area contributed by atoms with Crippen molar-refractivity contribution in [3.05, 3.63) is 0 Å². The van der Waals surface area contributed by atoms with E-state index in [1.54, 1.807) is 0 Å². The third-order valence-corrected chi connectivity index (χ3v) is 5.90. The molecule has 184 valence electrons. The van der Waals surface area contributed by atoms with E-state index in [1.807, 2.05) is 0 Å². The van der Waals surface area contributed by atoms with E-state index in [-0.39, 0.29) is 19.1 Å². The van der Waals surface area contributed by atoms with Crippen molar-refractivity contribution < 1.29 is 33.2 Å². The normalized spacial score (nSPS) is 14.2. The molecule has 0 saturated carbocycles. The summed E-state index contributed by atoms with van der Waals surface area (Å²) in [6, 6.07) is -1.41. The molecule has 0 saturated heterocycles. The lowest BCUT2D eigenvalue weighted by atomic mass is 10.0. The molecule has 5 N–H and O–H groups in total. The summed E-state index contributed by atoms with van der Waals surface area (Å²) in [6.45, 7) is 1.44. The number of aliphatic carboxylic acids is 1. The Morgan fingerprint density at radius 1 is 0.903 bits per heavy atom. The summed E-state index contributed by atoms with van der Waals surface area (Å²) in [6.07, 6.45) is 16.6. The van der Waals surface area contributed by atoms with Crippen LogP contribution in [0.15, 0.2) is 0 Å². The molecular weight excluding hydrogens is 423 g/mol. The van der Waals surface area contributed by atoms with Gasteiger partial charge in [-0.15, -0.1) is 0 Å².